The maximum atomic E-state index is 12.0. The Balaban J connectivity index is 1.74. The average molecular weight is 357 g/mol. The predicted octanol–water partition coefficient (Wildman–Crippen LogP) is 2.73. The highest BCUT2D eigenvalue weighted by molar-refractivity contribution is 5.82. The minimum Gasteiger partial charge on any atom is -0.469 e. The Labute approximate surface area is 156 Å². The first-order chi connectivity index (χ1) is 12.5. The monoisotopic (exact) mass is 357 g/mol. The molecule has 26 heavy (non-hydrogen) atoms. The molecule has 3 rings (SSSR count). The topological polar surface area (TPSA) is 53.9 Å². The number of esters is 1. The van der Waals surface area contributed by atoms with Crippen LogP contribution in [0.3, 0.4) is 0 Å². The van der Waals surface area contributed by atoms with Crippen molar-refractivity contribution >= 4 is 11.9 Å². The molecule has 142 valence electrons. The van der Waals surface area contributed by atoms with Crippen molar-refractivity contribution in [1.29, 1.82) is 0 Å². The van der Waals surface area contributed by atoms with Crippen LogP contribution in [0, 0.1) is 18.8 Å². The Morgan fingerprint density at radius 1 is 1.35 bits per heavy atom. The highest BCUT2D eigenvalue weighted by atomic mass is 16.5. The number of rotatable bonds is 5. The van der Waals surface area contributed by atoms with Gasteiger partial charge in [0.2, 0.25) is 0 Å². The highest BCUT2D eigenvalue weighted by Gasteiger charge is 2.45. The lowest BCUT2D eigenvalue weighted by molar-refractivity contribution is -0.145. The molecule has 2 unspecified atom stereocenters. The number of aliphatic imine (C=N–C) groups is 1. The summed E-state index contributed by atoms with van der Waals surface area (Å²) >= 11 is 0. The quantitative estimate of drug-likeness (QED) is 0.500. The van der Waals surface area contributed by atoms with Crippen molar-refractivity contribution in [3.05, 3.63) is 35.4 Å². The molecule has 0 bridgehead atoms. The van der Waals surface area contributed by atoms with E-state index in [1.165, 1.54) is 31.1 Å². The normalized spacial score (nSPS) is 24.5. The molecule has 1 saturated heterocycles. The third-order valence-corrected chi connectivity index (χ3v) is 5.85. The Morgan fingerprint density at radius 2 is 2.08 bits per heavy atom. The van der Waals surface area contributed by atoms with Crippen molar-refractivity contribution in [3.8, 4) is 0 Å². The molecule has 0 amide bonds. The summed E-state index contributed by atoms with van der Waals surface area (Å²) in [4.78, 5) is 19.2. The molecule has 1 saturated carbocycles. The van der Waals surface area contributed by atoms with Gasteiger partial charge in [0.05, 0.1) is 19.6 Å². The molecule has 0 spiro atoms. The number of nitrogens with one attached hydrogen (secondary N) is 1. The van der Waals surface area contributed by atoms with Crippen molar-refractivity contribution in [2.24, 2.45) is 16.8 Å². The van der Waals surface area contributed by atoms with Crippen LogP contribution in [0.25, 0.3) is 0 Å². The second-order valence-electron chi connectivity index (χ2n) is 7.78. The van der Waals surface area contributed by atoms with Crippen LogP contribution in [-0.4, -0.2) is 50.1 Å². The van der Waals surface area contributed by atoms with E-state index < -0.39 is 0 Å². The summed E-state index contributed by atoms with van der Waals surface area (Å²) in [5, 5.41) is 3.41. The summed E-state index contributed by atoms with van der Waals surface area (Å²) < 4.78 is 4.96. The number of likely N-dealkylation sites (tertiary alicyclic amines) is 1. The first kappa shape index (κ1) is 18.7. The maximum Gasteiger partial charge on any atom is 0.310 e. The zero-order chi connectivity index (χ0) is 18.7. The van der Waals surface area contributed by atoms with E-state index in [1.54, 1.807) is 0 Å². The molecule has 2 atom stereocenters. The summed E-state index contributed by atoms with van der Waals surface area (Å²) in [6.07, 6.45) is 2.39. The van der Waals surface area contributed by atoms with Crippen molar-refractivity contribution < 1.29 is 9.53 Å². The first-order valence-corrected chi connectivity index (χ1v) is 9.68. The second-order valence-corrected chi connectivity index (χ2v) is 7.78. The van der Waals surface area contributed by atoms with Crippen molar-refractivity contribution in [2.45, 2.75) is 39.0 Å². The van der Waals surface area contributed by atoms with Crippen molar-refractivity contribution in [1.82, 2.24) is 10.2 Å². The Kier molecular flexibility index (Phi) is 5.54. The number of carbonyl (C=O) groups excluding carboxylic acids is 1. The number of guanidine groups is 1. The fraction of sp³-hybridized carbons (Fsp3) is 0.619. The van der Waals surface area contributed by atoms with E-state index in [-0.39, 0.29) is 23.2 Å². The van der Waals surface area contributed by atoms with Crippen LogP contribution in [0.5, 0.6) is 0 Å². The largest absolute Gasteiger partial charge is 0.469 e. The number of aryl methyl sites for hydroxylation is 1. The predicted molar refractivity (Wildman–Crippen MR) is 104 cm³/mol. The lowest BCUT2D eigenvalue weighted by Gasteiger charge is -2.23. The smallest absolute Gasteiger partial charge is 0.310 e. The minimum atomic E-state index is -0.116. The molecular formula is C21H31N3O2. The summed E-state index contributed by atoms with van der Waals surface area (Å²) in [5.41, 5.74) is 2.98. The van der Waals surface area contributed by atoms with Gasteiger partial charge in [-0.1, -0.05) is 31.2 Å². The van der Waals surface area contributed by atoms with Gasteiger partial charge in [0, 0.05) is 25.0 Å². The van der Waals surface area contributed by atoms with Gasteiger partial charge >= 0.3 is 5.97 Å². The molecule has 5 nitrogen and oxygen atoms in total. The maximum absolute atomic E-state index is 12.0. The van der Waals surface area contributed by atoms with E-state index in [9.17, 15) is 4.79 Å². The van der Waals surface area contributed by atoms with Crippen molar-refractivity contribution in [3.63, 3.8) is 0 Å². The van der Waals surface area contributed by atoms with Gasteiger partial charge in [-0.25, -0.2) is 0 Å². The first-order valence-electron chi connectivity index (χ1n) is 9.68. The third kappa shape index (κ3) is 3.71. The van der Waals surface area contributed by atoms with E-state index in [0.29, 0.717) is 6.54 Å². The van der Waals surface area contributed by atoms with Gasteiger partial charge in [0.25, 0.3) is 0 Å². The molecule has 2 fully saturated rings. The third-order valence-electron chi connectivity index (χ3n) is 5.85. The zero-order valence-corrected chi connectivity index (χ0v) is 16.4. The average Bonchev–Trinajstić information content (AvgIpc) is 3.33. The number of hydrogen-bond acceptors (Lipinski definition) is 3. The minimum absolute atomic E-state index is 0.0740. The standard InChI is InChI=1S/C21H31N3O2/c1-5-22-20(24-12-16(3)17(13-24)19(25)26-4)23-14-21(10-11-21)18-9-7-6-8-15(18)2/h6-9,16-17H,5,10-14H2,1-4H3,(H,22,23). The fourth-order valence-electron chi connectivity index (χ4n) is 4.08. The molecule has 1 aliphatic carbocycles. The molecule has 1 aromatic carbocycles. The fourth-order valence-corrected chi connectivity index (χ4v) is 4.08. The van der Waals surface area contributed by atoms with Crippen LogP contribution in [0.15, 0.2) is 29.3 Å². The molecule has 2 aliphatic rings. The number of benzene rings is 1. The summed E-state index contributed by atoms with van der Waals surface area (Å²) in [7, 11) is 1.47. The Hall–Kier alpha value is -2.04. The molecule has 0 aromatic heterocycles. The Bertz CT molecular complexity index is 682. The van der Waals surface area contributed by atoms with E-state index in [0.717, 1.165) is 25.6 Å². The summed E-state index contributed by atoms with van der Waals surface area (Å²) in [6, 6.07) is 8.66. The van der Waals surface area contributed by atoms with Gasteiger partial charge in [0.15, 0.2) is 5.96 Å². The summed E-state index contributed by atoms with van der Waals surface area (Å²) in [6.45, 7) is 9.52. The van der Waals surface area contributed by atoms with Crippen LogP contribution < -0.4 is 5.32 Å². The van der Waals surface area contributed by atoms with E-state index in [4.69, 9.17) is 9.73 Å². The number of nitrogens with zero attached hydrogens (tertiary/aromatic N) is 2. The van der Waals surface area contributed by atoms with Crippen LogP contribution in [0.1, 0.15) is 37.8 Å². The molecule has 5 heteroatoms. The van der Waals surface area contributed by atoms with Crippen LogP contribution in [0.4, 0.5) is 0 Å². The number of ether oxygens (including phenoxy) is 1. The van der Waals surface area contributed by atoms with E-state index in [1.807, 2.05) is 0 Å². The van der Waals surface area contributed by atoms with Crippen LogP contribution >= 0.6 is 0 Å². The van der Waals surface area contributed by atoms with Gasteiger partial charge in [0.1, 0.15) is 0 Å². The number of hydrogen-bond donors (Lipinski definition) is 1. The summed E-state index contributed by atoms with van der Waals surface area (Å²) in [5.74, 6) is 1.01. The molecule has 0 radical (unpaired) electrons. The SMILES string of the molecule is CCNC(=NCC1(c2ccccc2C)CC1)N1CC(C)C(C(=O)OC)C1. The number of carbonyl (C=O) groups is 1. The molecule has 1 heterocycles. The van der Waals surface area contributed by atoms with Gasteiger partial charge in [-0.2, -0.15) is 0 Å². The molecule has 1 N–H and O–H groups in total. The van der Waals surface area contributed by atoms with E-state index in [2.05, 4.69) is 55.3 Å². The molecule has 1 aromatic rings. The zero-order valence-electron chi connectivity index (χ0n) is 16.4. The Morgan fingerprint density at radius 3 is 2.69 bits per heavy atom. The van der Waals surface area contributed by atoms with E-state index >= 15 is 0 Å². The number of methoxy groups -OCH3 is 1. The molecule has 1 aliphatic heterocycles. The van der Waals surface area contributed by atoms with Crippen molar-refractivity contribution in [2.75, 3.05) is 33.3 Å². The van der Waals surface area contributed by atoms with Gasteiger partial charge < -0.3 is 15.0 Å². The van der Waals surface area contributed by atoms with Crippen LogP contribution in [-0.2, 0) is 14.9 Å². The van der Waals surface area contributed by atoms with Gasteiger partial charge in [-0.3, -0.25) is 9.79 Å². The van der Waals surface area contributed by atoms with Gasteiger partial charge in [-0.05, 0) is 43.7 Å². The second kappa shape index (κ2) is 7.68. The lowest BCUT2D eigenvalue weighted by atomic mass is 9.92. The highest BCUT2D eigenvalue weighted by Crippen LogP contribution is 2.49. The lowest BCUT2D eigenvalue weighted by Crippen LogP contribution is -2.41. The van der Waals surface area contributed by atoms with Gasteiger partial charge in [-0.15, -0.1) is 0 Å². The van der Waals surface area contributed by atoms with Crippen LogP contribution in [0.2, 0.25) is 0 Å². The molecular weight excluding hydrogens is 326 g/mol.